The lowest BCUT2D eigenvalue weighted by Crippen LogP contribution is -2.35. The third-order valence-corrected chi connectivity index (χ3v) is 3.11. The molecule has 1 aliphatic heterocycles. The Morgan fingerprint density at radius 1 is 1.33 bits per heavy atom. The Hall–Kier alpha value is -1.32. The quantitative estimate of drug-likeness (QED) is 0.697. The SMILES string of the molecule is Cc1c(C(=O)N2CCCCC2)cnn1C. The van der Waals surface area contributed by atoms with E-state index in [2.05, 4.69) is 5.10 Å². The van der Waals surface area contributed by atoms with E-state index in [9.17, 15) is 4.79 Å². The number of amides is 1. The summed E-state index contributed by atoms with van der Waals surface area (Å²) in [7, 11) is 1.86. The number of aryl methyl sites for hydroxylation is 1. The van der Waals surface area contributed by atoms with Gasteiger partial charge in [-0.25, -0.2) is 0 Å². The molecule has 0 N–H and O–H groups in total. The van der Waals surface area contributed by atoms with Gasteiger partial charge in [-0.2, -0.15) is 5.10 Å². The second-order valence-electron chi connectivity index (χ2n) is 4.12. The van der Waals surface area contributed by atoms with Crippen LogP contribution in [-0.2, 0) is 7.05 Å². The van der Waals surface area contributed by atoms with Crippen molar-refractivity contribution in [2.75, 3.05) is 13.1 Å². The predicted molar refractivity (Wildman–Crippen MR) is 57.7 cm³/mol. The standard InChI is InChI=1S/C11H17N3O/c1-9-10(8-12-13(9)2)11(15)14-6-4-3-5-7-14/h8H,3-7H2,1-2H3. The van der Waals surface area contributed by atoms with Crippen LogP contribution in [0, 0.1) is 6.92 Å². The molecule has 4 nitrogen and oxygen atoms in total. The minimum atomic E-state index is 0.139. The average molecular weight is 207 g/mol. The van der Waals surface area contributed by atoms with E-state index in [0.717, 1.165) is 37.2 Å². The minimum Gasteiger partial charge on any atom is -0.339 e. The van der Waals surface area contributed by atoms with Gasteiger partial charge in [0.15, 0.2) is 0 Å². The third-order valence-electron chi connectivity index (χ3n) is 3.11. The molecule has 1 saturated heterocycles. The number of hydrogen-bond donors (Lipinski definition) is 0. The van der Waals surface area contributed by atoms with Gasteiger partial charge in [0.05, 0.1) is 11.8 Å². The summed E-state index contributed by atoms with van der Waals surface area (Å²) in [4.78, 5) is 14.0. The van der Waals surface area contributed by atoms with E-state index in [-0.39, 0.29) is 5.91 Å². The molecular formula is C11H17N3O. The molecule has 82 valence electrons. The van der Waals surface area contributed by atoms with Crippen molar-refractivity contribution in [1.29, 1.82) is 0 Å². The van der Waals surface area contributed by atoms with Crippen LogP contribution in [0.3, 0.4) is 0 Å². The van der Waals surface area contributed by atoms with E-state index >= 15 is 0 Å². The Labute approximate surface area is 89.9 Å². The maximum Gasteiger partial charge on any atom is 0.257 e. The summed E-state index contributed by atoms with van der Waals surface area (Å²) >= 11 is 0. The lowest BCUT2D eigenvalue weighted by atomic mass is 10.1. The van der Waals surface area contributed by atoms with Gasteiger partial charge in [0, 0.05) is 25.8 Å². The molecule has 0 radical (unpaired) electrons. The van der Waals surface area contributed by atoms with Crippen molar-refractivity contribution in [1.82, 2.24) is 14.7 Å². The lowest BCUT2D eigenvalue weighted by Gasteiger charge is -2.26. The Morgan fingerprint density at radius 2 is 2.00 bits per heavy atom. The summed E-state index contributed by atoms with van der Waals surface area (Å²) in [5.41, 5.74) is 1.70. The normalized spacial score (nSPS) is 16.8. The van der Waals surface area contributed by atoms with Crippen LogP contribution in [0.2, 0.25) is 0 Å². The van der Waals surface area contributed by atoms with Crippen molar-refractivity contribution in [3.05, 3.63) is 17.5 Å². The van der Waals surface area contributed by atoms with Crippen LogP contribution < -0.4 is 0 Å². The molecule has 0 bridgehead atoms. The van der Waals surface area contributed by atoms with Crippen molar-refractivity contribution in [2.24, 2.45) is 7.05 Å². The van der Waals surface area contributed by atoms with E-state index in [1.54, 1.807) is 10.9 Å². The zero-order chi connectivity index (χ0) is 10.8. The molecule has 1 aromatic rings. The molecule has 0 aromatic carbocycles. The van der Waals surface area contributed by atoms with Gasteiger partial charge in [-0.05, 0) is 26.2 Å². The van der Waals surface area contributed by atoms with E-state index in [4.69, 9.17) is 0 Å². The van der Waals surface area contributed by atoms with Crippen LogP contribution in [0.1, 0.15) is 35.3 Å². The number of rotatable bonds is 1. The monoisotopic (exact) mass is 207 g/mol. The number of carbonyl (C=O) groups is 1. The Bertz CT molecular complexity index is 364. The molecule has 0 spiro atoms. The van der Waals surface area contributed by atoms with E-state index in [0.29, 0.717) is 0 Å². The van der Waals surface area contributed by atoms with Crippen LogP contribution in [0.4, 0.5) is 0 Å². The molecule has 1 fully saturated rings. The molecular weight excluding hydrogens is 190 g/mol. The first-order valence-corrected chi connectivity index (χ1v) is 5.48. The highest BCUT2D eigenvalue weighted by Crippen LogP contribution is 2.14. The van der Waals surface area contributed by atoms with Crippen LogP contribution in [-0.4, -0.2) is 33.7 Å². The van der Waals surface area contributed by atoms with Crippen molar-refractivity contribution in [2.45, 2.75) is 26.2 Å². The highest BCUT2D eigenvalue weighted by Gasteiger charge is 2.21. The fraction of sp³-hybridized carbons (Fsp3) is 0.636. The highest BCUT2D eigenvalue weighted by atomic mass is 16.2. The third kappa shape index (κ3) is 1.89. The Morgan fingerprint density at radius 3 is 2.53 bits per heavy atom. The van der Waals surface area contributed by atoms with Gasteiger partial charge in [0.2, 0.25) is 0 Å². The van der Waals surface area contributed by atoms with E-state index in [1.807, 2.05) is 18.9 Å². The summed E-state index contributed by atoms with van der Waals surface area (Å²) in [5.74, 6) is 0.139. The van der Waals surface area contributed by atoms with Gasteiger partial charge in [-0.3, -0.25) is 9.48 Å². The topological polar surface area (TPSA) is 38.1 Å². The fourth-order valence-electron chi connectivity index (χ4n) is 1.98. The second-order valence-corrected chi connectivity index (χ2v) is 4.12. The number of carbonyl (C=O) groups excluding carboxylic acids is 1. The summed E-state index contributed by atoms with van der Waals surface area (Å²) in [6.45, 7) is 3.73. The van der Waals surface area contributed by atoms with Crippen molar-refractivity contribution in [3.63, 3.8) is 0 Å². The first kappa shape index (κ1) is 10.2. The Balaban J connectivity index is 2.16. The average Bonchev–Trinajstić information content (AvgIpc) is 2.60. The van der Waals surface area contributed by atoms with E-state index < -0.39 is 0 Å². The van der Waals surface area contributed by atoms with Crippen molar-refractivity contribution in [3.8, 4) is 0 Å². The van der Waals surface area contributed by atoms with Crippen LogP contribution >= 0.6 is 0 Å². The number of nitrogens with zero attached hydrogens (tertiary/aromatic N) is 3. The van der Waals surface area contributed by atoms with Crippen LogP contribution in [0.25, 0.3) is 0 Å². The molecule has 1 aliphatic rings. The van der Waals surface area contributed by atoms with Gasteiger partial charge in [0.1, 0.15) is 0 Å². The molecule has 2 heterocycles. The minimum absolute atomic E-state index is 0.139. The second kappa shape index (κ2) is 4.04. The Kier molecular flexibility index (Phi) is 2.75. The first-order chi connectivity index (χ1) is 7.20. The van der Waals surface area contributed by atoms with Gasteiger partial charge < -0.3 is 4.90 Å². The molecule has 4 heteroatoms. The number of hydrogen-bond acceptors (Lipinski definition) is 2. The number of likely N-dealkylation sites (tertiary alicyclic amines) is 1. The first-order valence-electron chi connectivity index (χ1n) is 5.48. The van der Waals surface area contributed by atoms with Crippen LogP contribution in [0.15, 0.2) is 6.20 Å². The number of aromatic nitrogens is 2. The summed E-state index contributed by atoms with van der Waals surface area (Å²) in [6.07, 6.45) is 5.18. The highest BCUT2D eigenvalue weighted by molar-refractivity contribution is 5.95. The smallest absolute Gasteiger partial charge is 0.257 e. The molecule has 0 saturated carbocycles. The molecule has 2 rings (SSSR count). The largest absolute Gasteiger partial charge is 0.339 e. The molecule has 15 heavy (non-hydrogen) atoms. The van der Waals surface area contributed by atoms with Gasteiger partial charge >= 0.3 is 0 Å². The lowest BCUT2D eigenvalue weighted by molar-refractivity contribution is 0.0723. The molecule has 1 amide bonds. The van der Waals surface area contributed by atoms with Gasteiger partial charge in [-0.15, -0.1) is 0 Å². The maximum atomic E-state index is 12.1. The van der Waals surface area contributed by atoms with Crippen molar-refractivity contribution >= 4 is 5.91 Å². The van der Waals surface area contributed by atoms with Crippen LogP contribution in [0.5, 0.6) is 0 Å². The fourth-order valence-corrected chi connectivity index (χ4v) is 1.98. The van der Waals surface area contributed by atoms with Gasteiger partial charge in [0.25, 0.3) is 5.91 Å². The maximum absolute atomic E-state index is 12.1. The summed E-state index contributed by atoms with van der Waals surface area (Å²) in [5, 5.41) is 4.10. The van der Waals surface area contributed by atoms with Gasteiger partial charge in [-0.1, -0.05) is 0 Å². The zero-order valence-corrected chi connectivity index (χ0v) is 9.36. The summed E-state index contributed by atoms with van der Waals surface area (Å²) < 4.78 is 1.75. The van der Waals surface area contributed by atoms with Crippen molar-refractivity contribution < 1.29 is 4.79 Å². The zero-order valence-electron chi connectivity index (χ0n) is 9.36. The molecule has 0 atom stereocenters. The molecule has 0 aliphatic carbocycles. The van der Waals surface area contributed by atoms with E-state index in [1.165, 1.54) is 6.42 Å². The molecule has 1 aromatic heterocycles. The summed E-state index contributed by atoms with van der Waals surface area (Å²) in [6, 6.07) is 0. The predicted octanol–water partition coefficient (Wildman–Crippen LogP) is 1.35. The molecule has 0 unspecified atom stereocenters. The number of piperidine rings is 1.